The van der Waals surface area contributed by atoms with Gasteiger partial charge in [0, 0.05) is 18.4 Å². The predicted molar refractivity (Wildman–Crippen MR) is 87.1 cm³/mol. The number of ether oxygens (including phenoxy) is 2. The highest BCUT2D eigenvalue weighted by Crippen LogP contribution is 2.54. The van der Waals surface area contributed by atoms with Gasteiger partial charge in [0.2, 0.25) is 0 Å². The third-order valence-electron chi connectivity index (χ3n) is 5.09. The van der Waals surface area contributed by atoms with Gasteiger partial charge >= 0.3 is 11.9 Å². The first-order valence-corrected chi connectivity index (χ1v) is 8.48. The van der Waals surface area contributed by atoms with E-state index >= 15 is 0 Å². The van der Waals surface area contributed by atoms with Crippen LogP contribution in [-0.4, -0.2) is 46.6 Å². The number of carbonyl (C=O) groups excluding carboxylic acids is 2. The van der Waals surface area contributed by atoms with Gasteiger partial charge in [-0.25, -0.2) is 9.59 Å². The number of aliphatic hydroxyl groups is 2. The quantitative estimate of drug-likeness (QED) is 0.566. The normalized spacial score (nSPS) is 35.2. The highest BCUT2D eigenvalue weighted by Gasteiger charge is 2.53. The lowest BCUT2D eigenvalue weighted by Crippen LogP contribution is -2.55. The number of rotatable bonds is 6. The van der Waals surface area contributed by atoms with Crippen LogP contribution in [0.3, 0.4) is 0 Å². The van der Waals surface area contributed by atoms with Crippen molar-refractivity contribution in [2.75, 3.05) is 13.2 Å². The number of hydrogen-bond acceptors (Lipinski definition) is 6. The molecular weight excluding hydrogens is 312 g/mol. The van der Waals surface area contributed by atoms with Crippen LogP contribution < -0.4 is 0 Å². The fourth-order valence-corrected chi connectivity index (χ4v) is 4.41. The van der Waals surface area contributed by atoms with Crippen LogP contribution in [0, 0.1) is 5.41 Å². The van der Waals surface area contributed by atoms with Gasteiger partial charge < -0.3 is 19.7 Å². The van der Waals surface area contributed by atoms with Crippen molar-refractivity contribution < 1.29 is 29.3 Å². The Kier molecular flexibility index (Phi) is 5.40. The van der Waals surface area contributed by atoms with Crippen LogP contribution in [0.1, 0.15) is 58.8 Å². The first-order chi connectivity index (χ1) is 11.0. The molecule has 0 amide bonds. The van der Waals surface area contributed by atoms with Crippen LogP contribution in [0.25, 0.3) is 0 Å². The highest BCUT2D eigenvalue weighted by atomic mass is 16.6. The van der Waals surface area contributed by atoms with E-state index < -0.39 is 29.7 Å². The van der Waals surface area contributed by atoms with E-state index in [1.54, 1.807) is 0 Å². The van der Waals surface area contributed by atoms with E-state index in [9.17, 15) is 19.8 Å². The van der Waals surface area contributed by atoms with Gasteiger partial charge in [-0.1, -0.05) is 19.9 Å². The van der Waals surface area contributed by atoms with Crippen LogP contribution in [0.5, 0.6) is 0 Å². The summed E-state index contributed by atoms with van der Waals surface area (Å²) in [4.78, 5) is 22.8. The zero-order chi connectivity index (χ0) is 18.0. The molecule has 2 saturated carbocycles. The minimum Gasteiger partial charge on any atom is -0.463 e. The number of esters is 2. The summed E-state index contributed by atoms with van der Waals surface area (Å²) in [5.41, 5.74) is -1.70. The van der Waals surface area contributed by atoms with Gasteiger partial charge in [-0.05, 0) is 38.0 Å². The van der Waals surface area contributed by atoms with E-state index in [2.05, 4.69) is 13.5 Å². The van der Waals surface area contributed by atoms with E-state index in [1.807, 2.05) is 0 Å². The summed E-state index contributed by atoms with van der Waals surface area (Å²) >= 11 is 0. The molecule has 3 atom stereocenters. The summed E-state index contributed by atoms with van der Waals surface area (Å²) in [6, 6.07) is 0. The summed E-state index contributed by atoms with van der Waals surface area (Å²) < 4.78 is 9.75. The van der Waals surface area contributed by atoms with Gasteiger partial charge in [0.25, 0.3) is 0 Å². The molecule has 2 N–H and O–H groups in total. The maximum Gasteiger partial charge on any atom is 0.344 e. The Morgan fingerprint density at radius 2 is 1.83 bits per heavy atom. The molecule has 0 radical (unpaired) electrons. The first-order valence-electron chi connectivity index (χ1n) is 8.48. The van der Waals surface area contributed by atoms with Crippen molar-refractivity contribution in [3.05, 3.63) is 12.2 Å². The monoisotopic (exact) mass is 340 g/mol. The zero-order valence-corrected chi connectivity index (χ0v) is 14.6. The van der Waals surface area contributed by atoms with Crippen molar-refractivity contribution in [2.45, 2.75) is 70.0 Å². The van der Waals surface area contributed by atoms with Crippen molar-refractivity contribution in [1.82, 2.24) is 0 Å². The molecule has 0 aromatic heterocycles. The lowest BCUT2D eigenvalue weighted by atomic mass is 9.56. The second-order valence-corrected chi connectivity index (χ2v) is 7.97. The maximum atomic E-state index is 11.6. The van der Waals surface area contributed by atoms with E-state index in [1.165, 1.54) is 6.92 Å². The average Bonchev–Trinajstić information content (AvgIpc) is 2.41. The molecule has 0 aromatic carbocycles. The molecule has 0 spiro atoms. The van der Waals surface area contributed by atoms with Crippen molar-refractivity contribution in [3.63, 3.8) is 0 Å². The van der Waals surface area contributed by atoms with Crippen molar-refractivity contribution in [1.29, 1.82) is 0 Å². The SMILES string of the molecule is C=C(C)C(=O)OCC(=O)OCCC1(O)CC2(C)CCCC(O)(C2)C1. The molecule has 3 unspecified atom stereocenters. The molecule has 6 nitrogen and oxygen atoms in total. The Morgan fingerprint density at radius 1 is 1.12 bits per heavy atom. The maximum absolute atomic E-state index is 11.6. The second kappa shape index (κ2) is 6.84. The molecule has 136 valence electrons. The molecule has 2 aliphatic carbocycles. The molecule has 0 aromatic rings. The molecule has 2 aliphatic rings. The van der Waals surface area contributed by atoms with Crippen LogP contribution in [0.15, 0.2) is 12.2 Å². The summed E-state index contributed by atoms with van der Waals surface area (Å²) in [7, 11) is 0. The fraction of sp³-hybridized carbons (Fsp3) is 0.778. The van der Waals surface area contributed by atoms with E-state index in [4.69, 9.17) is 9.47 Å². The lowest BCUT2D eigenvalue weighted by molar-refractivity contribution is -0.176. The molecule has 0 heterocycles. The van der Waals surface area contributed by atoms with Crippen LogP contribution >= 0.6 is 0 Å². The minimum atomic E-state index is -1.03. The summed E-state index contributed by atoms with van der Waals surface area (Å²) in [6.45, 7) is 6.59. The summed E-state index contributed by atoms with van der Waals surface area (Å²) in [5, 5.41) is 21.5. The molecule has 0 aliphatic heterocycles. The number of carbonyl (C=O) groups is 2. The van der Waals surface area contributed by atoms with Gasteiger partial charge in [-0.3, -0.25) is 0 Å². The van der Waals surface area contributed by atoms with Crippen molar-refractivity contribution >= 4 is 11.9 Å². The zero-order valence-electron chi connectivity index (χ0n) is 14.6. The largest absolute Gasteiger partial charge is 0.463 e. The Bertz CT molecular complexity index is 510. The predicted octanol–water partition coefficient (Wildman–Crippen LogP) is 1.88. The smallest absolute Gasteiger partial charge is 0.344 e. The lowest BCUT2D eigenvalue weighted by Gasteiger charge is -2.54. The molecule has 6 heteroatoms. The standard InChI is InChI=1S/C18H28O6/c1-13(2)15(20)24-9-14(19)23-8-7-18(22)11-16(3)5-4-6-17(21,10-16)12-18/h21-22H,1,4-12H2,2-3H3. The van der Waals surface area contributed by atoms with Gasteiger partial charge in [0.15, 0.2) is 6.61 Å². The third kappa shape index (κ3) is 4.80. The third-order valence-corrected chi connectivity index (χ3v) is 5.09. The van der Waals surface area contributed by atoms with E-state index in [0.717, 1.165) is 19.3 Å². The number of hydrogen-bond donors (Lipinski definition) is 2. The Morgan fingerprint density at radius 3 is 2.46 bits per heavy atom. The van der Waals surface area contributed by atoms with Crippen LogP contribution in [0.2, 0.25) is 0 Å². The molecule has 0 saturated heterocycles. The minimum absolute atomic E-state index is 0.0338. The topological polar surface area (TPSA) is 93.1 Å². The van der Waals surface area contributed by atoms with Crippen LogP contribution in [0.4, 0.5) is 0 Å². The highest BCUT2D eigenvalue weighted by molar-refractivity contribution is 5.88. The summed E-state index contributed by atoms with van der Waals surface area (Å²) in [6.07, 6.45) is 4.59. The van der Waals surface area contributed by atoms with E-state index in [-0.39, 0.29) is 24.0 Å². The van der Waals surface area contributed by atoms with E-state index in [0.29, 0.717) is 19.3 Å². The summed E-state index contributed by atoms with van der Waals surface area (Å²) in [5.74, 6) is -1.30. The molecule has 2 bridgehead atoms. The molecular formula is C18H28O6. The molecule has 2 fully saturated rings. The van der Waals surface area contributed by atoms with Crippen molar-refractivity contribution in [2.24, 2.45) is 5.41 Å². The number of fused-ring (bicyclic) bond motifs is 2. The average molecular weight is 340 g/mol. The van der Waals surface area contributed by atoms with Crippen molar-refractivity contribution in [3.8, 4) is 0 Å². The van der Waals surface area contributed by atoms with Gasteiger partial charge in [-0.2, -0.15) is 0 Å². The Balaban J connectivity index is 1.80. The Hall–Kier alpha value is -1.40. The van der Waals surface area contributed by atoms with Crippen LogP contribution in [-0.2, 0) is 19.1 Å². The molecule has 2 rings (SSSR count). The second-order valence-electron chi connectivity index (χ2n) is 7.97. The Labute approximate surface area is 142 Å². The van der Waals surface area contributed by atoms with Gasteiger partial charge in [0.05, 0.1) is 17.8 Å². The van der Waals surface area contributed by atoms with Gasteiger partial charge in [-0.15, -0.1) is 0 Å². The molecule has 24 heavy (non-hydrogen) atoms. The fourth-order valence-electron chi connectivity index (χ4n) is 4.41. The van der Waals surface area contributed by atoms with Gasteiger partial charge in [0.1, 0.15) is 0 Å². The first kappa shape index (κ1) is 18.9.